The number of allylic oxidation sites excluding steroid dienone is 3. The zero-order valence-corrected chi connectivity index (χ0v) is 17.3. The van der Waals surface area contributed by atoms with Gasteiger partial charge in [0.1, 0.15) is 11.7 Å². The minimum Gasteiger partial charge on any atom is -0.458 e. The standard InChI is InChI=1S/C24H32O4/c1-15(25)27-17-6-10-22(2)16(14-17)4-5-18-19(22)7-11-23(3)20(18)8-12-24(23)13-9-21(26)28-24/h4-5,14,17-20H,6-13H2,1-3H3/t17-,18+,19-,20+,22-,23-,24+/m0/s1. The van der Waals surface area contributed by atoms with Gasteiger partial charge in [0.2, 0.25) is 0 Å². The zero-order valence-electron chi connectivity index (χ0n) is 17.3. The number of fused-ring (bicyclic) bond motifs is 6. The quantitative estimate of drug-likeness (QED) is 0.613. The van der Waals surface area contributed by atoms with Gasteiger partial charge in [0, 0.05) is 18.8 Å². The molecular formula is C24H32O4. The second-order valence-corrected chi connectivity index (χ2v) is 10.3. The highest BCUT2D eigenvalue weighted by Crippen LogP contribution is 2.68. The first-order valence-electron chi connectivity index (χ1n) is 11.1. The minimum atomic E-state index is -0.211. The summed E-state index contributed by atoms with van der Waals surface area (Å²) in [7, 11) is 0. The van der Waals surface area contributed by atoms with E-state index >= 15 is 0 Å². The highest BCUT2D eigenvalue weighted by Gasteiger charge is 2.66. The molecule has 1 saturated heterocycles. The van der Waals surface area contributed by atoms with Gasteiger partial charge in [-0.2, -0.15) is 0 Å². The molecule has 152 valence electrons. The van der Waals surface area contributed by atoms with Gasteiger partial charge >= 0.3 is 11.9 Å². The fourth-order valence-corrected chi connectivity index (χ4v) is 7.73. The Morgan fingerprint density at radius 2 is 1.89 bits per heavy atom. The first-order chi connectivity index (χ1) is 13.3. The Bertz CT molecular complexity index is 781. The first-order valence-corrected chi connectivity index (χ1v) is 11.1. The Hall–Kier alpha value is -1.58. The van der Waals surface area contributed by atoms with Gasteiger partial charge < -0.3 is 9.47 Å². The smallest absolute Gasteiger partial charge is 0.306 e. The summed E-state index contributed by atoms with van der Waals surface area (Å²) >= 11 is 0. The lowest BCUT2D eigenvalue weighted by Crippen LogP contribution is -2.53. The molecule has 0 unspecified atom stereocenters. The lowest BCUT2D eigenvalue weighted by Gasteiger charge is -2.57. The second-order valence-electron chi connectivity index (χ2n) is 10.3. The largest absolute Gasteiger partial charge is 0.458 e. The SMILES string of the molecule is CC(=O)O[C@@H]1C=C2C=C[C@H]3[C@H]4CC[C@@]5(CCC(=O)O5)[C@@]4(C)CC[C@@H]3[C@@]2(C)CC1. The van der Waals surface area contributed by atoms with Crippen LogP contribution in [0.4, 0.5) is 0 Å². The molecule has 5 aliphatic rings. The third kappa shape index (κ3) is 2.35. The molecule has 0 aromatic rings. The number of esters is 2. The molecule has 4 aliphatic carbocycles. The highest BCUT2D eigenvalue weighted by atomic mass is 16.6. The Morgan fingerprint density at radius 3 is 2.61 bits per heavy atom. The van der Waals surface area contributed by atoms with Crippen molar-refractivity contribution >= 4 is 11.9 Å². The molecule has 7 atom stereocenters. The third-order valence-corrected chi connectivity index (χ3v) is 9.27. The molecule has 0 N–H and O–H groups in total. The molecule has 4 heteroatoms. The Balaban J connectivity index is 1.46. The average Bonchev–Trinajstić information content (AvgIpc) is 3.16. The number of ether oxygens (including phenoxy) is 2. The lowest BCUT2D eigenvalue weighted by atomic mass is 9.48. The van der Waals surface area contributed by atoms with Crippen LogP contribution in [0, 0.1) is 28.6 Å². The van der Waals surface area contributed by atoms with Crippen molar-refractivity contribution in [1.29, 1.82) is 0 Å². The van der Waals surface area contributed by atoms with Gasteiger partial charge in [-0.05, 0) is 79.8 Å². The van der Waals surface area contributed by atoms with Crippen LogP contribution in [0.2, 0.25) is 0 Å². The monoisotopic (exact) mass is 384 g/mol. The van der Waals surface area contributed by atoms with E-state index in [9.17, 15) is 9.59 Å². The van der Waals surface area contributed by atoms with Crippen LogP contribution in [-0.4, -0.2) is 23.6 Å². The summed E-state index contributed by atoms with van der Waals surface area (Å²) < 4.78 is 11.5. The van der Waals surface area contributed by atoms with Crippen LogP contribution in [0.25, 0.3) is 0 Å². The summed E-state index contributed by atoms with van der Waals surface area (Å²) in [5.41, 5.74) is 1.42. The predicted molar refractivity (Wildman–Crippen MR) is 105 cm³/mol. The topological polar surface area (TPSA) is 52.6 Å². The number of carbonyl (C=O) groups is 2. The normalized spacial score (nSPS) is 49.1. The Kier molecular flexibility index (Phi) is 3.93. The summed E-state index contributed by atoms with van der Waals surface area (Å²) in [6.45, 7) is 6.32. The molecule has 0 bridgehead atoms. The van der Waals surface area contributed by atoms with E-state index in [2.05, 4.69) is 32.1 Å². The van der Waals surface area contributed by atoms with Gasteiger partial charge in [-0.25, -0.2) is 0 Å². The molecule has 0 aromatic heterocycles. The van der Waals surface area contributed by atoms with E-state index < -0.39 is 0 Å². The molecule has 3 fully saturated rings. The van der Waals surface area contributed by atoms with Gasteiger partial charge in [0.25, 0.3) is 0 Å². The molecule has 0 radical (unpaired) electrons. The van der Waals surface area contributed by atoms with Gasteiger partial charge in [0.15, 0.2) is 0 Å². The van der Waals surface area contributed by atoms with Crippen molar-refractivity contribution in [2.24, 2.45) is 28.6 Å². The maximum absolute atomic E-state index is 12.0. The van der Waals surface area contributed by atoms with Gasteiger partial charge in [0.05, 0.1) is 0 Å². The first kappa shape index (κ1) is 18.4. The second kappa shape index (κ2) is 5.96. The van der Waals surface area contributed by atoms with Crippen molar-refractivity contribution in [2.75, 3.05) is 0 Å². The molecule has 5 rings (SSSR count). The van der Waals surface area contributed by atoms with Crippen molar-refractivity contribution in [3.05, 3.63) is 23.8 Å². The van der Waals surface area contributed by atoms with Gasteiger partial charge in [-0.15, -0.1) is 0 Å². The van der Waals surface area contributed by atoms with E-state index in [4.69, 9.17) is 9.47 Å². The Labute approximate surface area is 167 Å². The van der Waals surface area contributed by atoms with Crippen molar-refractivity contribution in [2.45, 2.75) is 83.8 Å². The summed E-state index contributed by atoms with van der Waals surface area (Å²) in [4.78, 5) is 23.4. The molecule has 1 aliphatic heterocycles. The number of carbonyl (C=O) groups excluding carboxylic acids is 2. The van der Waals surface area contributed by atoms with Crippen LogP contribution >= 0.6 is 0 Å². The molecule has 0 aromatic carbocycles. The summed E-state index contributed by atoms with van der Waals surface area (Å²) in [6, 6.07) is 0. The predicted octanol–water partition coefficient (Wildman–Crippen LogP) is 4.73. The number of rotatable bonds is 1. The van der Waals surface area contributed by atoms with Crippen LogP contribution in [0.5, 0.6) is 0 Å². The fraction of sp³-hybridized carbons (Fsp3) is 0.750. The Morgan fingerprint density at radius 1 is 1.11 bits per heavy atom. The maximum atomic E-state index is 12.0. The number of hydrogen-bond donors (Lipinski definition) is 0. The molecule has 1 spiro atoms. The number of hydrogen-bond acceptors (Lipinski definition) is 4. The van der Waals surface area contributed by atoms with Crippen LogP contribution in [-0.2, 0) is 19.1 Å². The molecule has 4 nitrogen and oxygen atoms in total. The van der Waals surface area contributed by atoms with E-state index in [1.807, 2.05) is 0 Å². The highest BCUT2D eigenvalue weighted by molar-refractivity contribution is 5.72. The molecule has 1 heterocycles. The van der Waals surface area contributed by atoms with E-state index in [1.165, 1.54) is 25.3 Å². The van der Waals surface area contributed by atoms with E-state index in [-0.39, 0.29) is 34.5 Å². The van der Waals surface area contributed by atoms with Crippen LogP contribution in [0.15, 0.2) is 23.8 Å². The van der Waals surface area contributed by atoms with Crippen molar-refractivity contribution in [3.8, 4) is 0 Å². The van der Waals surface area contributed by atoms with E-state index in [1.54, 1.807) is 0 Å². The van der Waals surface area contributed by atoms with Crippen LogP contribution in [0.1, 0.15) is 72.1 Å². The van der Waals surface area contributed by atoms with Crippen LogP contribution in [0.3, 0.4) is 0 Å². The van der Waals surface area contributed by atoms with Crippen molar-refractivity contribution < 1.29 is 19.1 Å². The van der Waals surface area contributed by atoms with E-state index in [0.717, 1.165) is 32.1 Å². The lowest BCUT2D eigenvalue weighted by molar-refractivity contribution is -0.165. The summed E-state index contributed by atoms with van der Waals surface area (Å²) in [5.74, 6) is 1.60. The minimum absolute atomic E-state index is 0.00385. The van der Waals surface area contributed by atoms with Gasteiger partial charge in [-0.1, -0.05) is 26.0 Å². The zero-order chi connectivity index (χ0) is 19.7. The van der Waals surface area contributed by atoms with Crippen molar-refractivity contribution in [3.63, 3.8) is 0 Å². The van der Waals surface area contributed by atoms with Gasteiger partial charge in [-0.3, -0.25) is 9.59 Å². The molecule has 28 heavy (non-hydrogen) atoms. The molecular weight excluding hydrogens is 352 g/mol. The van der Waals surface area contributed by atoms with Crippen molar-refractivity contribution in [1.82, 2.24) is 0 Å². The molecule has 2 saturated carbocycles. The summed E-state index contributed by atoms with van der Waals surface area (Å²) in [5, 5.41) is 0. The third-order valence-electron chi connectivity index (χ3n) is 9.27. The average molecular weight is 385 g/mol. The maximum Gasteiger partial charge on any atom is 0.306 e. The van der Waals surface area contributed by atoms with Crippen LogP contribution < -0.4 is 0 Å². The fourth-order valence-electron chi connectivity index (χ4n) is 7.73. The molecule has 0 amide bonds. The summed E-state index contributed by atoms with van der Waals surface area (Å²) in [6.07, 6.45) is 14.9. The van der Waals surface area contributed by atoms with E-state index in [0.29, 0.717) is 24.2 Å².